The average molecular weight is 318 g/mol. The minimum atomic E-state index is -0.528. The number of piperidine rings is 1. The number of aromatic nitrogens is 1. The van der Waals surface area contributed by atoms with Crippen LogP contribution in [-0.4, -0.2) is 40.8 Å². The molecule has 1 aromatic heterocycles. The van der Waals surface area contributed by atoms with Crippen LogP contribution in [0.2, 0.25) is 0 Å². The molecule has 0 unspecified atom stereocenters. The highest BCUT2D eigenvalue weighted by molar-refractivity contribution is 5.91. The standard InChI is InChI=1S/C17H26N4O2/c1-3-12(4-2)17(23)21-9-6-13(7-10-21)20-14-5-8-19-15(11-14)16(18)22/h5,8,11-13H,3-4,6-7,9-10H2,1-2H3,(H2,18,22)(H,19,20). The highest BCUT2D eigenvalue weighted by Crippen LogP contribution is 2.20. The summed E-state index contributed by atoms with van der Waals surface area (Å²) in [7, 11) is 0. The Bertz CT molecular complexity index is 549. The molecule has 0 aromatic carbocycles. The normalized spacial score (nSPS) is 15.7. The molecule has 23 heavy (non-hydrogen) atoms. The zero-order valence-corrected chi connectivity index (χ0v) is 13.9. The number of anilines is 1. The summed E-state index contributed by atoms with van der Waals surface area (Å²) in [5, 5.41) is 3.41. The fourth-order valence-electron chi connectivity index (χ4n) is 3.03. The number of hydrogen-bond donors (Lipinski definition) is 2. The zero-order valence-electron chi connectivity index (χ0n) is 13.9. The third-order valence-electron chi connectivity index (χ3n) is 4.52. The van der Waals surface area contributed by atoms with Crippen molar-refractivity contribution in [2.24, 2.45) is 11.7 Å². The summed E-state index contributed by atoms with van der Waals surface area (Å²) in [5.41, 5.74) is 6.35. The van der Waals surface area contributed by atoms with Crippen LogP contribution in [0.5, 0.6) is 0 Å². The van der Waals surface area contributed by atoms with E-state index in [1.54, 1.807) is 12.3 Å². The van der Waals surface area contributed by atoms with Gasteiger partial charge in [0.2, 0.25) is 5.91 Å². The number of hydrogen-bond acceptors (Lipinski definition) is 4. The van der Waals surface area contributed by atoms with Gasteiger partial charge in [-0.3, -0.25) is 14.6 Å². The molecule has 126 valence electrons. The van der Waals surface area contributed by atoms with Gasteiger partial charge in [-0.25, -0.2) is 0 Å². The Kier molecular flexibility index (Phi) is 5.96. The van der Waals surface area contributed by atoms with Crippen LogP contribution in [0.25, 0.3) is 0 Å². The van der Waals surface area contributed by atoms with Gasteiger partial charge in [0.1, 0.15) is 5.69 Å². The van der Waals surface area contributed by atoms with Crippen LogP contribution in [0.4, 0.5) is 5.69 Å². The average Bonchev–Trinajstić information content (AvgIpc) is 2.56. The predicted octanol–water partition coefficient (Wildman–Crippen LogP) is 2.02. The Morgan fingerprint density at radius 2 is 2.00 bits per heavy atom. The maximum Gasteiger partial charge on any atom is 0.267 e. The van der Waals surface area contributed by atoms with E-state index in [-0.39, 0.29) is 17.5 Å². The lowest BCUT2D eigenvalue weighted by Gasteiger charge is -2.34. The minimum Gasteiger partial charge on any atom is -0.382 e. The van der Waals surface area contributed by atoms with Crippen LogP contribution < -0.4 is 11.1 Å². The van der Waals surface area contributed by atoms with Crippen LogP contribution in [-0.2, 0) is 4.79 Å². The molecule has 3 N–H and O–H groups in total. The lowest BCUT2D eigenvalue weighted by molar-refractivity contribution is -0.136. The maximum atomic E-state index is 12.4. The fourth-order valence-corrected chi connectivity index (χ4v) is 3.03. The van der Waals surface area contributed by atoms with Gasteiger partial charge in [-0.05, 0) is 37.8 Å². The molecule has 2 heterocycles. The fraction of sp³-hybridized carbons (Fsp3) is 0.588. The molecule has 1 saturated heterocycles. The number of carbonyl (C=O) groups is 2. The molecule has 0 radical (unpaired) electrons. The summed E-state index contributed by atoms with van der Waals surface area (Å²) in [6.45, 7) is 5.70. The van der Waals surface area contributed by atoms with Crippen molar-refractivity contribution in [3.63, 3.8) is 0 Å². The first kappa shape index (κ1) is 17.2. The van der Waals surface area contributed by atoms with Crippen molar-refractivity contribution < 1.29 is 9.59 Å². The van der Waals surface area contributed by atoms with Gasteiger partial charge in [0.05, 0.1) is 0 Å². The topological polar surface area (TPSA) is 88.3 Å². The highest BCUT2D eigenvalue weighted by atomic mass is 16.2. The Balaban J connectivity index is 1.88. The molecule has 1 aromatic rings. The molecule has 1 aliphatic heterocycles. The first-order valence-electron chi connectivity index (χ1n) is 8.36. The van der Waals surface area contributed by atoms with Crippen LogP contribution in [0.3, 0.4) is 0 Å². The van der Waals surface area contributed by atoms with Crippen LogP contribution in [0.15, 0.2) is 18.3 Å². The molecule has 2 amide bonds. The molecule has 6 nitrogen and oxygen atoms in total. The van der Waals surface area contributed by atoms with E-state index in [0.717, 1.165) is 44.5 Å². The number of amides is 2. The van der Waals surface area contributed by atoms with Gasteiger partial charge < -0.3 is 16.0 Å². The number of likely N-dealkylation sites (tertiary alicyclic amines) is 1. The van der Waals surface area contributed by atoms with E-state index in [4.69, 9.17) is 5.73 Å². The first-order chi connectivity index (χ1) is 11.0. The lowest BCUT2D eigenvalue weighted by Crippen LogP contribution is -2.44. The number of primary amides is 1. The van der Waals surface area contributed by atoms with Crippen molar-refractivity contribution >= 4 is 17.5 Å². The van der Waals surface area contributed by atoms with E-state index in [0.29, 0.717) is 6.04 Å². The van der Waals surface area contributed by atoms with Crippen molar-refractivity contribution in [2.75, 3.05) is 18.4 Å². The van der Waals surface area contributed by atoms with E-state index in [2.05, 4.69) is 24.1 Å². The number of rotatable bonds is 6. The Hall–Kier alpha value is -2.11. The second kappa shape index (κ2) is 7.94. The summed E-state index contributed by atoms with van der Waals surface area (Å²) in [6.07, 6.45) is 5.19. The number of nitrogens with two attached hydrogens (primary N) is 1. The van der Waals surface area contributed by atoms with E-state index in [1.807, 2.05) is 11.0 Å². The molecule has 2 rings (SSSR count). The van der Waals surface area contributed by atoms with Crippen molar-refractivity contribution in [3.05, 3.63) is 24.0 Å². The monoisotopic (exact) mass is 318 g/mol. The molecular weight excluding hydrogens is 292 g/mol. The van der Waals surface area contributed by atoms with Crippen molar-refractivity contribution in [3.8, 4) is 0 Å². The van der Waals surface area contributed by atoms with E-state index in [1.165, 1.54) is 0 Å². The molecule has 0 bridgehead atoms. The van der Waals surface area contributed by atoms with E-state index in [9.17, 15) is 9.59 Å². The largest absolute Gasteiger partial charge is 0.382 e. The molecule has 0 atom stereocenters. The van der Waals surface area contributed by atoms with E-state index < -0.39 is 5.91 Å². The Morgan fingerprint density at radius 1 is 1.35 bits per heavy atom. The van der Waals surface area contributed by atoms with Gasteiger partial charge in [-0.2, -0.15) is 0 Å². The summed E-state index contributed by atoms with van der Waals surface area (Å²) in [6, 6.07) is 3.79. The second-order valence-electron chi connectivity index (χ2n) is 6.05. The third kappa shape index (κ3) is 4.43. The maximum absolute atomic E-state index is 12.4. The summed E-state index contributed by atoms with van der Waals surface area (Å²) >= 11 is 0. The lowest BCUT2D eigenvalue weighted by atomic mass is 9.98. The van der Waals surface area contributed by atoms with Gasteiger partial charge in [0.15, 0.2) is 0 Å². The molecular formula is C17H26N4O2. The molecule has 1 aliphatic rings. The Labute approximate surface area is 137 Å². The molecule has 6 heteroatoms. The predicted molar refractivity (Wildman–Crippen MR) is 90.1 cm³/mol. The van der Waals surface area contributed by atoms with Crippen LogP contribution in [0.1, 0.15) is 50.0 Å². The van der Waals surface area contributed by atoms with Gasteiger partial charge in [-0.1, -0.05) is 13.8 Å². The SMILES string of the molecule is CCC(CC)C(=O)N1CCC(Nc2ccnc(C(N)=O)c2)CC1. The number of nitrogens with zero attached hydrogens (tertiary/aromatic N) is 2. The molecule has 0 aliphatic carbocycles. The molecule has 0 saturated carbocycles. The van der Waals surface area contributed by atoms with Gasteiger partial charge >= 0.3 is 0 Å². The van der Waals surface area contributed by atoms with Crippen molar-refractivity contribution in [1.29, 1.82) is 0 Å². The van der Waals surface area contributed by atoms with Gasteiger partial charge in [-0.15, -0.1) is 0 Å². The number of nitrogens with one attached hydrogen (secondary N) is 1. The molecule has 0 spiro atoms. The summed E-state index contributed by atoms with van der Waals surface area (Å²) < 4.78 is 0. The third-order valence-corrected chi connectivity index (χ3v) is 4.52. The highest BCUT2D eigenvalue weighted by Gasteiger charge is 2.26. The van der Waals surface area contributed by atoms with Crippen molar-refractivity contribution in [2.45, 2.75) is 45.6 Å². The first-order valence-corrected chi connectivity index (χ1v) is 8.36. The zero-order chi connectivity index (χ0) is 16.8. The van der Waals surface area contributed by atoms with Crippen molar-refractivity contribution in [1.82, 2.24) is 9.88 Å². The summed E-state index contributed by atoms with van der Waals surface area (Å²) in [4.78, 5) is 29.5. The van der Waals surface area contributed by atoms with Gasteiger partial charge in [0.25, 0.3) is 5.91 Å². The number of pyridine rings is 1. The van der Waals surface area contributed by atoms with Crippen LogP contribution >= 0.6 is 0 Å². The van der Waals surface area contributed by atoms with Gasteiger partial charge in [0, 0.05) is 36.9 Å². The quantitative estimate of drug-likeness (QED) is 0.840. The second-order valence-corrected chi connectivity index (χ2v) is 6.05. The number of carbonyl (C=O) groups excluding carboxylic acids is 2. The van der Waals surface area contributed by atoms with E-state index >= 15 is 0 Å². The summed E-state index contributed by atoms with van der Waals surface area (Å²) in [5.74, 6) is -0.0922. The Morgan fingerprint density at radius 3 is 2.57 bits per heavy atom. The smallest absolute Gasteiger partial charge is 0.267 e. The minimum absolute atomic E-state index is 0.151. The van der Waals surface area contributed by atoms with Crippen LogP contribution in [0, 0.1) is 5.92 Å². The molecule has 1 fully saturated rings.